The Morgan fingerprint density at radius 2 is 2.06 bits per heavy atom. The number of halogens is 2. The normalized spacial score (nSPS) is 29.3. The molecule has 1 heterocycles. The summed E-state index contributed by atoms with van der Waals surface area (Å²) in [5, 5.41) is 0. The lowest BCUT2D eigenvalue weighted by Gasteiger charge is -2.42. The Balaban J connectivity index is 2.25. The fourth-order valence-electron chi connectivity index (χ4n) is 3.10. The molecule has 0 saturated heterocycles. The molecule has 100 valence electrons. The second kappa shape index (κ2) is 5.28. The van der Waals surface area contributed by atoms with Crippen molar-refractivity contribution in [1.82, 2.24) is 4.98 Å². The number of rotatable bonds is 2. The zero-order valence-corrected chi connectivity index (χ0v) is 12.9. The van der Waals surface area contributed by atoms with E-state index < -0.39 is 0 Å². The molecule has 0 N–H and O–H groups in total. The maximum Gasteiger partial charge on any atom is 0.141 e. The highest BCUT2D eigenvalue weighted by Gasteiger charge is 2.39. The first-order valence-electron chi connectivity index (χ1n) is 6.66. The summed E-state index contributed by atoms with van der Waals surface area (Å²) in [5.74, 6) is 1.08. The van der Waals surface area contributed by atoms with Crippen LogP contribution in [0.25, 0.3) is 0 Å². The third-order valence-electron chi connectivity index (χ3n) is 4.41. The van der Waals surface area contributed by atoms with Gasteiger partial charge in [0.1, 0.15) is 5.82 Å². The van der Waals surface area contributed by atoms with E-state index in [2.05, 4.69) is 41.7 Å². The average molecular weight is 314 g/mol. The van der Waals surface area contributed by atoms with Crippen molar-refractivity contribution in [3.8, 4) is 0 Å². The van der Waals surface area contributed by atoms with Crippen molar-refractivity contribution in [3.63, 3.8) is 0 Å². The van der Waals surface area contributed by atoms with Crippen molar-refractivity contribution in [2.24, 2.45) is 11.8 Å². The first-order chi connectivity index (χ1) is 8.41. The zero-order valence-electron chi connectivity index (χ0n) is 11.3. The first-order valence-corrected chi connectivity index (χ1v) is 7.58. The van der Waals surface area contributed by atoms with Gasteiger partial charge in [-0.05, 0) is 41.7 Å². The molecule has 2 rings (SSSR count). The maximum atomic E-state index is 13.3. The Morgan fingerprint density at radius 1 is 1.33 bits per heavy atom. The molecule has 3 atom stereocenters. The lowest BCUT2D eigenvalue weighted by molar-refractivity contribution is 0.213. The molecule has 3 unspecified atom stereocenters. The Hall–Kier alpha value is -0.440. The standard InChI is InChI=1S/C15H21BrFN/c1-10-4-5-13(14(16)6-10)15(2,3)11-7-12(17)9-18-8-11/h7-10,13-14H,4-6H2,1-3H3. The number of hydrogen-bond acceptors (Lipinski definition) is 1. The Kier molecular flexibility index (Phi) is 4.10. The van der Waals surface area contributed by atoms with Gasteiger partial charge in [0.25, 0.3) is 0 Å². The number of nitrogens with zero attached hydrogens (tertiary/aromatic N) is 1. The van der Waals surface area contributed by atoms with Crippen molar-refractivity contribution in [2.45, 2.75) is 50.3 Å². The molecule has 0 amide bonds. The fourth-order valence-corrected chi connectivity index (χ4v) is 4.67. The minimum absolute atomic E-state index is 0.0383. The van der Waals surface area contributed by atoms with Gasteiger partial charge in [-0.25, -0.2) is 4.39 Å². The molecule has 0 aliphatic heterocycles. The van der Waals surface area contributed by atoms with Gasteiger partial charge >= 0.3 is 0 Å². The molecule has 1 saturated carbocycles. The summed E-state index contributed by atoms with van der Waals surface area (Å²) in [5.41, 5.74) is 0.968. The first kappa shape index (κ1) is 14.0. The number of pyridine rings is 1. The van der Waals surface area contributed by atoms with E-state index in [1.807, 2.05) is 0 Å². The Bertz CT molecular complexity index is 419. The van der Waals surface area contributed by atoms with Crippen molar-refractivity contribution in [2.75, 3.05) is 0 Å². The van der Waals surface area contributed by atoms with Crippen LogP contribution in [0.4, 0.5) is 4.39 Å². The van der Waals surface area contributed by atoms with E-state index in [1.165, 1.54) is 25.5 Å². The molecule has 0 radical (unpaired) electrons. The molecule has 1 aliphatic carbocycles. The topological polar surface area (TPSA) is 12.9 Å². The van der Waals surface area contributed by atoms with Crippen LogP contribution >= 0.6 is 15.9 Å². The lowest BCUT2D eigenvalue weighted by Crippen LogP contribution is -2.38. The molecule has 1 aromatic heterocycles. The summed E-state index contributed by atoms with van der Waals surface area (Å²) < 4.78 is 13.3. The summed E-state index contributed by atoms with van der Waals surface area (Å²) in [6, 6.07) is 1.63. The van der Waals surface area contributed by atoms with Gasteiger partial charge in [0.2, 0.25) is 0 Å². The van der Waals surface area contributed by atoms with Crippen LogP contribution in [0.2, 0.25) is 0 Å². The smallest absolute Gasteiger partial charge is 0.141 e. The summed E-state index contributed by atoms with van der Waals surface area (Å²) >= 11 is 3.83. The highest BCUT2D eigenvalue weighted by atomic mass is 79.9. The van der Waals surface area contributed by atoms with Crippen LogP contribution in [0.15, 0.2) is 18.5 Å². The van der Waals surface area contributed by atoms with Gasteiger partial charge in [0.15, 0.2) is 0 Å². The van der Waals surface area contributed by atoms with E-state index in [0.29, 0.717) is 10.7 Å². The summed E-state index contributed by atoms with van der Waals surface area (Å²) in [7, 11) is 0. The predicted octanol–water partition coefficient (Wildman–Crippen LogP) is 4.70. The van der Waals surface area contributed by atoms with Crippen LogP contribution in [0, 0.1) is 17.7 Å². The molecular weight excluding hydrogens is 293 g/mol. The third kappa shape index (κ3) is 2.76. The number of hydrogen-bond donors (Lipinski definition) is 0. The van der Waals surface area contributed by atoms with Crippen LogP contribution in [0.3, 0.4) is 0 Å². The van der Waals surface area contributed by atoms with E-state index >= 15 is 0 Å². The molecule has 1 aromatic rings. The highest BCUT2D eigenvalue weighted by molar-refractivity contribution is 9.09. The minimum Gasteiger partial charge on any atom is -0.261 e. The molecular formula is C15H21BrFN. The molecule has 3 heteroatoms. The minimum atomic E-state index is -0.240. The highest BCUT2D eigenvalue weighted by Crippen LogP contribution is 2.45. The molecule has 1 aliphatic rings. The van der Waals surface area contributed by atoms with Crippen molar-refractivity contribution < 1.29 is 4.39 Å². The average Bonchev–Trinajstić information content (AvgIpc) is 2.28. The summed E-state index contributed by atoms with van der Waals surface area (Å²) in [6.07, 6.45) is 6.74. The zero-order chi connectivity index (χ0) is 13.3. The van der Waals surface area contributed by atoms with E-state index in [9.17, 15) is 4.39 Å². The lowest BCUT2D eigenvalue weighted by atomic mass is 9.66. The van der Waals surface area contributed by atoms with Gasteiger partial charge in [-0.1, -0.05) is 43.1 Å². The summed E-state index contributed by atoms with van der Waals surface area (Å²) in [6.45, 7) is 6.72. The van der Waals surface area contributed by atoms with Crippen LogP contribution in [0.1, 0.15) is 45.6 Å². The van der Waals surface area contributed by atoms with Crippen LogP contribution < -0.4 is 0 Å². The van der Waals surface area contributed by atoms with Crippen molar-refractivity contribution in [3.05, 3.63) is 29.8 Å². The molecule has 0 spiro atoms. The maximum absolute atomic E-state index is 13.3. The largest absolute Gasteiger partial charge is 0.261 e. The van der Waals surface area contributed by atoms with Crippen LogP contribution in [-0.4, -0.2) is 9.81 Å². The number of aromatic nitrogens is 1. The predicted molar refractivity (Wildman–Crippen MR) is 76.4 cm³/mol. The molecule has 1 nitrogen and oxygen atoms in total. The van der Waals surface area contributed by atoms with Crippen molar-refractivity contribution in [1.29, 1.82) is 0 Å². The van der Waals surface area contributed by atoms with Gasteiger partial charge < -0.3 is 0 Å². The van der Waals surface area contributed by atoms with Crippen molar-refractivity contribution >= 4 is 15.9 Å². The quantitative estimate of drug-likeness (QED) is 0.721. The second-order valence-electron chi connectivity index (χ2n) is 6.15. The van der Waals surface area contributed by atoms with Gasteiger partial charge in [-0.3, -0.25) is 4.98 Å². The SMILES string of the molecule is CC1CCC(C(C)(C)c2cncc(F)c2)C(Br)C1. The van der Waals surface area contributed by atoms with Crippen LogP contribution in [0.5, 0.6) is 0 Å². The van der Waals surface area contributed by atoms with E-state index in [1.54, 1.807) is 12.3 Å². The molecule has 0 bridgehead atoms. The molecule has 1 fully saturated rings. The van der Waals surface area contributed by atoms with E-state index in [0.717, 1.165) is 11.5 Å². The van der Waals surface area contributed by atoms with E-state index in [-0.39, 0.29) is 11.2 Å². The van der Waals surface area contributed by atoms with Gasteiger partial charge in [-0.2, -0.15) is 0 Å². The third-order valence-corrected chi connectivity index (χ3v) is 5.42. The molecule has 0 aromatic carbocycles. The van der Waals surface area contributed by atoms with Gasteiger partial charge in [0.05, 0.1) is 6.20 Å². The Morgan fingerprint density at radius 3 is 2.67 bits per heavy atom. The second-order valence-corrected chi connectivity index (χ2v) is 7.33. The Labute approximate surface area is 117 Å². The van der Waals surface area contributed by atoms with Crippen LogP contribution in [-0.2, 0) is 5.41 Å². The molecule has 18 heavy (non-hydrogen) atoms. The number of alkyl halides is 1. The van der Waals surface area contributed by atoms with E-state index in [4.69, 9.17) is 0 Å². The van der Waals surface area contributed by atoms with Gasteiger partial charge in [-0.15, -0.1) is 0 Å². The van der Waals surface area contributed by atoms with Gasteiger partial charge in [0, 0.05) is 11.0 Å². The monoisotopic (exact) mass is 313 g/mol. The summed E-state index contributed by atoms with van der Waals surface area (Å²) in [4.78, 5) is 4.51. The fraction of sp³-hybridized carbons (Fsp3) is 0.667.